The van der Waals surface area contributed by atoms with Gasteiger partial charge in [0.25, 0.3) is 0 Å². The summed E-state index contributed by atoms with van der Waals surface area (Å²) >= 11 is 1.47. The average molecular weight is 305 g/mol. The van der Waals surface area contributed by atoms with Crippen molar-refractivity contribution in [2.45, 2.75) is 37.1 Å². The van der Waals surface area contributed by atoms with Gasteiger partial charge in [-0.2, -0.15) is 4.98 Å². The molecule has 0 fully saturated rings. The quantitative estimate of drug-likeness (QED) is 0.722. The van der Waals surface area contributed by atoms with Gasteiger partial charge < -0.3 is 8.94 Å². The summed E-state index contributed by atoms with van der Waals surface area (Å²) in [7, 11) is 0. The molecule has 0 aliphatic rings. The fourth-order valence-electron chi connectivity index (χ4n) is 1.68. The lowest BCUT2D eigenvalue weighted by atomic mass is 10.2. The van der Waals surface area contributed by atoms with Crippen LogP contribution in [0, 0.1) is 0 Å². The number of hydrogen-bond donors (Lipinski definition) is 1. The third-order valence-electron chi connectivity index (χ3n) is 2.84. The maximum absolute atomic E-state index is 5.27. The molecule has 1 N–H and O–H groups in total. The SMILES string of the molecule is CC(C)c1nc(SC(C)c2nc(-c3ccco3)no2)n[nH]1. The van der Waals surface area contributed by atoms with E-state index in [2.05, 4.69) is 39.2 Å². The molecule has 8 heteroatoms. The average Bonchev–Trinajstić information content (AvgIpc) is 3.19. The molecule has 0 aromatic carbocycles. The lowest BCUT2D eigenvalue weighted by Gasteiger charge is -2.01. The van der Waals surface area contributed by atoms with Crippen LogP contribution in [0.1, 0.15) is 43.7 Å². The number of nitrogens with zero attached hydrogens (tertiary/aromatic N) is 4. The number of hydrogen-bond acceptors (Lipinski definition) is 7. The Balaban J connectivity index is 1.71. The summed E-state index contributed by atoms with van der Waals surface area (Å²) in [5, 5.41) is 11.6. The topological polar surface area (TPSA) is 93.6 Å². The van der Waals surface area contributed by atoms with Gasteiger partial charge in [0.05, 0.1) is 11.5 Å². The molecule has 1 atom stereocenters. The summed E-state index contributed by atoms with van der Waals surface area (Å²) in [4.78, 5) is 8.75. The molecule has 3 aromatic heterocycles. The van der Waals surface area contributed by atoms with Crippen LogP contribution in [-0.2, 0) is 0 Å². The smallest absolute Gasteiger partial charge is 0.240 e. The van der Waals surface area contributed by atoms with E-state index in [0.717, 1.165) is 5.82 Å². The van der Waals surface area contributed by atoms with Crippen molar-refractivity contribution < 1.29 is 8.94 Å². The fraction of sp³-hybridized carbons (Fsp3) is 0.385. The highest BCUT2D eigenvalue weighted by atomic mass is 32.2. The molecule has 3 heterocycles. The first-order valence-corrected chi connectivity index (χ1v) is 7.48. The lowest BCUT2D eigenvalue weighted by molar-refractivity contribution is 0.379. The molecule has 7 nitrogen and oxygen atoms in total. The zero-order valence-electron chi connectivity index (χ0n) is 11.9. The Morgan fingerprint density at radius 3 is 2.76 bits per heavy atom. The van der Waals surface area contributed by atoms with E-state index in [1.807, 2.05) is 6.92 Å². The number of rotatable bonds is 5. The van der Waals surface area contributed by atoms with Gasteiger partial charge in [-0.1, -0.05) is 30.8 Å². The van der Waals surface area contributed by atoms with Crippen LogP contribution >= 0.6 is 11.8 Å². The Kier molecular flexibility index (Phi) is 3.78. The number of aromatic nitrogens is 5. The van der Waals surface area contributed by atoms with Crippen LogP contribution in [0.4, 0.5) is 0 Å². The highest BCUT2D eigenvalue weighted by Crippen LogP contribution is 2.33. The van der Waals surface area contributed by atoms with Crippen molar-refractivity contribution >= 4 is 11.8 Å². The Hall–Kier alpha value is -2.09. The Bertz CT molecular complexity index is 704. The molecule has 0 saturated heterocycles. The molecule has 1 unspecified atom stereocenters. The zero-order valence-corrected chi connectivity index (χ0v) is 12.7. The Labute approximate surface area is 125 Å². The molecule has 0 radical (unpaired) electrons. The molecule has 0 bridgehead atoms. The normalized spacial score (nSPS) is 13.0. The largest absolute Gasteiger partial charge is 0.461 e. The Morgan fingerprint density at radius 1 is 1.24 bits per heavy atom. The third kappa shape index (κ3) is 2.99. The highest BCUT2D eigenvalue weighted by molar-refractivity contribution is 7.99. The van der Waals surface area contributed by atoms with Crippen molar-refractivity contribution in [3.05, 3.63) is 30.1 Å². The second-order valence-corrected chi connectivity index (χ2v) is 6.16. The number of furan rings is 1. The molecule has 0 aliphatic carbocycles. The van der Waals surface area contributed by atoms with Gasteiger partial charge in [0.1, 0.15) is 5.82 Å². The summed E-state index contributed by atoms with van der Waals surface area (Å²) in [6.45, 7) is 6.09. The molecule has 0 amide bonds. The minimum absolute atomic E-state index is 0.0444. The van der Waals surface area contributed by atoms with Crippen LogP contribution in [0.15, 0.2) is 32.5 Å². The van der Waals surface area contributed by atoms with Crippen LogP contribution in [0.25, 0.3) is 11.6 Å². The first-order valence-electron chi connectivity index (χ1n) is 6.60. The first-order chi connectivity index (χ1) is 10.1. The van der Waals surface area contributed by atoms with E-state index in [1.165, 1.54) is 11.8 Å². The van der Waals surface area contributed by atoms with Crippen LogP contribution in [0.2, 0.25) is 0 Å². The van der Waals surface area contributed by atoms with Gasteiger partial charge in [-0.15, -0.1) is 5.10 Å². The molecule has 0 saturated carbocycles. The first kappa shape index (κ1) is 13.9. The zero-order chi connectivity index (χ0) is 14.8. The van der Waals surface area contributed by atoms with Crippen LogP contribution in [-0.4, -0.2) is 25.3 Å². The van der Waals surface area contributed by atoms with E-state index in [4.69, 9.17) is 8.94 Å². The van der Waals surface area contributed by atoms with Crippen molar-refractivity contribution in [1.82, 2.24) is 25.3 Å². The lowest BCUT2D eigenvalue weighted by Crippen LogP contribution is -1.91. The molecule has 3 aromatic rings. The van der Waals surface area contributed by atoms with Crippen molar-refractivity contribution in [1.29, 1.82) is 0 Å². The van der Waals surface area contributed by atoms with Gasteiger partial charge in [0, 0.05) is 5.92 Å². The van der Waals surface area contributed by atoms with E-state index in [9.17, 15) is 0 Å². The molecule has 3 rings (SSSR count). The predicted molar refractivity (Wildman–Crippen MR) is 76.7 cm³/mol. The van der Waals surface area contributed by atoms with Gasteiger partial charge in [-0.25, -0.2) is 4.98 Å². The minimum Gasteiger partial charge on any atom is -0.461 e. The fourth-order valence-corrected chi connectivity index (χ4v) is 2.45. The summed E-state index contributed by atoms with van der Waals surface area (Å²) < 4.78 is 10.5. The Morgan fingerprint density at radius 2 is 2.10 bits per heavy atom. The maximum Gasteiger partial charge on any atom is 0.240 e. The van der Waals surface area contributed by atoms with E-state index < -0.39 is 0 Å². The molecular formula is C13H15N5O2S. The molecular weight excluding hydrogens is 290 g/mol. The summed E-state index contributed by atoms with van der Waals surface area (Å²) in [5.41, 5.74) is 0. The number of nitrogens with one attached hydrogen (secondary N) is 1. The summed E-state index contributed by atoms with van der Waals surface area (Å²) in [5.74, 6) is 2.73. The van der Waals surface area contributed by atoms with E-state index in [0.29, 0.717) is 28.5 Å². The highest BCUT2D eigenvalue weighted by Gasteiger charge is 2.19. The summed E-state index contributed by atoms with van der Waals surface area (Å²) in [6, 6.07) is 3.57. The van der Waals surface area contributed by atoms with Gasteiger partial charge in [0.15, 0.2) is 5.76 Å². The van der Waals surface area contributed by atoms with Gasteiger partial charge in [-0.05, 0) is 19.1 Å². The van der Waals surface area contributed by atoms with Gasteiger partial charge >= 0.3 is 0 Å². The van der Waals surface area contributed by atoms with E-state index >= 15 is 0 Å². The monoisotopic (exact) mass is 305 g/mol. The second kappa shape index (κ2) is 5.72. The number of thioether (sulfide) groups is 1. The van der Waals surface area contributed by atoms with Crippen molar-refractivity contribution in [2.75, 3.05) is 0 Å². The van der Waals surface area contributed by atoms with Crippen molar-refractivity contribution in [3.63, 3.8) is 0 Å². The molecule has 21 heavy (non-hydrogen) atoms. The van der Waals surface area contributed by atoms with Crippen molar-refractivity contribution in [2.24, 2.45) is 0 Å². The number of aromatic amines is 1. The number of H-pyrrole nitrogens is 1. The summed E-state index contributed by atoms with van der Waals surface area (Å²) in [6.07, 6.45) is 1.57. The van der Waals surface area contributed by atoms with Crippen LogP contribution < -0.4 is 0 Å². The molecule has 110 valence electrons. The predicted octanol–water partition coefficient (Wildman–Crippen LogP) is 3.42. The molecule has 0 aliphatic heterocycles. The van der Waals surface area contributed by atoms with E-state index in [-0.39, 0.29) is 5.25 Å². The van der Waals surface area contributed by atoms with Crippen molar-refractivity contribution in [3.8, 4) is 11.6 Å². The van der Waals surface area contributed by atoms with Gasteiger partial charge in [-0.3, -0.25) is 5.10 Å². The van der Waals surface area contributed by atoms with Gasteiger partial charge in [0.2, 0.25) is 16.9 Å². The van der Waals surface area contributed by atoms with Crippen LogP contribution in [0.5, 0.6) is 0 Å². The van der Waals surface area contributed by atoms with Crippen LogP contribution in [0.3, 0.4) is 0 Å². The second-order valence-electron chi connectivity index (χ2n) is 4.85. The minimum atomic E-state index is -0.0444. The standard InChI is InChI=1S/C13H15N5O2S/c1-7(2)10-15-13(17-16-10)21-8(3)12-14-11(18-20-12)9-5-4-6-19-9/h4-8H,1-3H3,(H,15,16,17). The maximum atomic E-state index is 5.27. The third-order valence-corrected chi connectivity index (χ3v) is 3.79. The van der Waals surface area contributed by atoms with E-state index in [1.54, 1.807) is 18.4 Å². The molecule has 0 spiro atoms.